The smallest absolute Gasteiger partial charge is 0.207 e. The van der Waals surface area contributed by atoms with Crippen molar-refractivity contribution in [3.05, 3.63) is 29.6 Å². The van der Waals surface area contributed by atoms with Crippen LogP contribution in [-0.4, -0.2) is 25.3 Å². The third-order valence-corrected chi connectivity index (χ3v) is 5.77. The monoisotopic (exact) mass is 296 g/mol. The summed E-state index contributed by atoms with van der Waals surface area (Å²) < 4.78 is 40.5. The highest BCUT2D eigenvalue weighted by Crippen LogP contribution is 2.30. The van der Waals surface area contributed by atoms with Crippen molar-refractivity contribution in [3.63, 3.8) is 0 Å². The molecular formula is C14H17FN2O2S. The van der Waals surface area contributed by atoms with Crippen molar-refractivity contribution in [2.24, 2.45) is 0 Å². The van der Waals surface area contributed by atoms with E-state index in [1.807, 2.05) is 6.07 Å². The predicted octanol–water partition coefficient (Wildman–Crippen LogP) is 2.59. The first kappa shape index (κ1) is 14.9. The van der Waals surface area contributed by atoms with Crippen molar-refractivity contribution in [1.29, 1.82) is 5.26 Å². The number of sulfonamides is 1. The first-order valence-electron chi connectivity index (χ1n) is 6.62. The summed E-state index contributed by atoms with van der Waals surface area (Å²) in [6.07, 6.45) is 3.35. The zero-order chi connectivity index (χ0) is 14.8. The molecule has 0 bridgehead atoms. The molecule has 6 heteroatoms. The Bertz CT molecular complexity index is 611. The Labute approximate surface area is 118 Å². The molecule has 4 nitrogen and oxygen atoms in total. The maximum atomic E-state index is 13.9. The van der Waals surface area contributed by atoms with Crippen molar-refractivity contribution >= 4 is 10.0 Å². The third-order valence-electron chi connectivity index (χ3n) is 3.69. The number of aryl methyl sites for hydroxylation is 1. The first-order valence-corrected chi connectivity index (χ1v) is 8.06. The Balaban J connectivity index is 2.48. The molecule has 20 heavy (non-hydrogen) atoms. The van der Waals surface area contributed by atoms with Gasteiger partial charge in [0, 0.05) is 6.04 Å². The van der Waals surface area contributed by atoms with Crippen molar-refractivity contribution < 1.29 is 12.8 Å². The summed E-state index contributed by atoms with van der Waals surface area (Å²) in [4.78, 5) is -0.304. The number of rotatable bonds is 4. The van der Waals surface area contributed by atoms with Gasteiger partial charge in [-0.1, -0.05) is 25.0 Å². The molecule has 0 radical (unpaired) electrons. The molecule has 0 saturated heterocycles. The number of benzene rings is 1. The molecule has 108 valence electrons. The lowest BCUT2D eigenvalue weighted by Gasteiger charge is -2.26. The maximum Gasteiger partial charge on any atom is 0.247 e. The van der Waals surface area contributed by atoms with E-state index in [-0.39, 0.29) is 17.5 Å². The minimum Gasteiger partial charge on any atom is -0.207 e. The highest BCUT2D eigenvalue weighted by Gasteiger charge is 2.35. The predicted molar refractivity (Wildman–Crippen MR) is 72.9 cm³/mol. The van der Waals surface area contributed by atoms with Crippen molar-refractivity contribution in [1.82, 2.24) is 4.31 Å². The highest BCUT2D eigenvalue weighted by atomic mass is 32.2. The number of hydrogen-bond donors (Lipinski definition) is 0. The summed E-state index contributed by atoms with van der Waals surface area (Å²) >= 11 is 0. The molecule has 1 fully saturated rings. The molecule has 0 amide bonds. The molecule has 0 heterocycles. The van der Waals surface area contributed by atoms with Crippen LogP contribution in [0.15, 0.2) is 23.1 Å². The zero-order valence-corrected chi connectivity index (χ0v) is 12.2. The minimum atomic E-state index is -3.97. The van der Waals surface area contributed by atoms with Gasteiger partial charge in [0.2, 0.25) is 10.0 Å². The summed E-state index contributed by atoms with van der Waals surface area (Å²) in [7, 11) is -3.97. The van der Waals surface area contributed by atoms with Crippen molar-refractivity contribution in [2.45, 2.75) is 43.5 Å². The number of halogens is 1. The third kappa shape index (κ3) is 2.69. The van der Waals surface area contributed by atoms with Crippen LogP contribution in [0.1, 0.15) is 31.2 Å². The van der Waals surface area contributed by atoms with Crippen molar-refractivity contribution in [2.75, 3.05) is 6.54 Å². The van der Waals surface area contributed by atoms with Gasteiger partial charge in [0.15, 0.2) is 0 Å². The Morgan fingerprint density at radius 3 is 2.60 bits per heavy atom. The normalized spacial score (nSPS) is 16.5. The topological polar surface area (TPSA) is 61.2 Å². The molecule has 1 aliphatic carbocycles. The highest BCUT2D eigenvalue weighted by molar-refractivity contribution is 7.89. The molecule has 0 N–H and O–H groups in total. The van der Waals surface area contributed by atoms with E-state index < -0.39 is 15.8 Å². The van der Waals surface area contributed by atoms with E-state index in [2.05, 4.69) is 0 Å². The molecular weight excluding hydrogens is 279 g/mol. The summed E-state index contributed by atoms with van der Waals surface area (Å²) in [5.41, 5.74) is 0.367. The fourth-order valence-electron chi connectivity index (χ4n) is 2.73. The van der Waals surface area contributed by atoms with E-state index in [0.717, 1.165) is 36.1 Å². The van der Waals surface area contributed by atoms with Gasteiger partial charge in [0.1, 0.15) is 17.3 Å². The van der Waals surface area contributed by atoms with Crippen LogP contribution in [0.2, 0.25) is 0 Å². The second-order valence-corrected chi connectivity index (χ2v) is 6.86. The second kappa shape index (κ2) is 5.90. The van der Waals surface area contributed by atoms with E-state index in [4.69, 9.17) is 5.26 Å². The molecule has 1 aromatic rings. The minimum absolute atomic E-state index is 0.196. The molecule has 1 aromatic carbocycles. The van der Waals surface area contributed by atoms with Crippen LogP contribution in [0.5, 0.6) is 0 Å². The van der Waals surface area contributed by atoms with Gasteiger partial charge >= 0.3 is 0 Å². The SMILES string of the molecule is Cc1cccc(F)c1S(=O)(=O)N(CC#N)C1CCCC1. The van der Waals surface area contributed by atoms with Gasteiger partial charge in [0.25, 0.3) is 0 Å². The second-order valence-electron chi connectivity index (χ2n) is 5.03. The fraction of sp³-hybridized carbons (Fsp3) is 0.500. The Morgan fingerprint density at radius 1 is 1.40 bits per heavy atom. The van der Waals surface area contributed by atoms with Crippen LogP contribution in [0.4, 0.5) is 4.39 Å². The molecule has 1 aliphatic rings. The van der Waals surface area contributed by atoms with E-state index >= 15 is 0 Å². The zero-order valence-electron chi connectivity index (χ0n) is 11.3. The Kier molecular flexibility index (Phi) is 4.41. The van der Waals surface area contributed by atoms with Crippen molar-refractivity contribution in [3.8, 4) is 6.07 Å². The van der Waals surface area contributed by atoms with Crippen LogP contribution < -0.4 is 0 Å². The average Bonchev–Trinajstić information content (AvgIpc) is 2.88. The summed E-state index contributed by atoms with van der Waals surface area (Å²) in [6, 6.07) is 5.87. The van der Waals surface area contributed by atoms with Gasteiger partial charge in [-0.15, -0.1) is 0 Å². The maximum absolute atomic E-state index is 13.9. The Morgan fingerprint density at radius 2 is 2.05 bits per heavy atom. The van der Waals surface area contributed by atoms with Gasteiger partial charge < -0.3 is 0 Å². The van der Waals surface area contributed by atoms with Crippen LogP contribution >= 0.6 is 0 Å². The first-order chi connectivity index (χ1) is 9.48. The standard InChI is InChI=1S/C14H17FN2O2S/c1-11-5-4-8-13(15)14(11)20(18,19)17(10-9-16)12-6-2-3-7-12/h4-5,8,12H,2-3,6-7,10H2,1H3. The summed E-state index contributed by atoms with van der Waals surface area (Å²) in [5, 5.41) is 8.90. The number of nitrogens with zero attached hydrogens (tertiary/aromatic N) is 2. The molecule has 2 rings (SSSR count). The molecule has 1 saturated carbocycles. The summed E-state index contributed by atoms with van der Waals surface area (Å²) in [6.45, 7) is 1.33. The van der Waals surface area contributed by atoms with Gasteiger partial charge in [-0.2, -0.15) is 9.57 Å². The van der Waals surface area contributed by atoms with Gasteiger partial charge in [-0.25, -0.2) is 12.8 Å². The molecule has 0 spiro atoms. The van der Waals surface area contributed by atoms with Crippen LogP contribution in [0, 0.1) is 24.1 Å². The summed E-state index contributed by atoms with van der Waals surface area (Å²) in [5.74, 6) is -0.758. The molecule has 0 aromatic heterocycles. The average molecular weight is 296 g/mol. The molecule has 0 aliphatic heterocycles. The lowest BCUT2D eigenvalue weighted by molar-refractivity contribution is 0.348. The lowest BCUT2D eigenvalue weighted by Crippen LogP contribution is -2.39. The van der Waals surface area contributed by atoms with Gasteiger partial charge in [-0.3, -0.25) is 0 Å². The van der Waals surface area contributed by atoms with E-state index in [9.17, 15) is 12.8 Å². The molecule has 0 unspecified atom stereocenters. The van der Waals surface area contributed by atoms with Crippen LogP contribution in [-0.2, 0) is 10.0 Å². The van der Waals surface area contributed by atoms with Crippen LogP contribution in [0.25, 0.3) is 0 Å². The quantitative estimate of drug-likeness (QED) is 0.802. The largest absolute Gasteiger partial charge is 0.247 e. The lowest BCUT2D eigenvalue weighted by atomic mass is 10.2. The van der Waals surface area contributed by atoms with Gasteiger partial charge in [-0.05, 0) is 31.4 Å². The number of nitriles is 1. The fourth-order valence-corrected chi connectivity index (χ4v) is 4.59. The van der Waals surface area contributed by atoms with E-state index in [1.165, 1.54) is 6.07 Å². The van der Waals surface area contributed by atoms with Crippen LogP contribution in [0.3, 0.4) is 0 Å². The molecule has 0 atom stereocenters. The van der Waals surface area contributed by atoms with E-state index in [1.54, 1.807) is 13.0 Å². The van der Waals surface area contributed by atoms with Gasteiger partial charge in [0.05, 0.1) is 6.07 Å². The Hall–Kier alpha value is -1.45. The number of hydrogen-bond acceptors (Lipinski definition) is 3. The van der Waals surface area contributed by atoms with E-state index in [0.29, 0.717) is 5.56 Å².